The molecule has 0 aliphatic carbocycles. The Balaban J connectivity index is 0.00000392. The van der Waals surface area contributed by atoms with Crippen LogP contribution in [0.1, 0.15) is 16.7 Å². The molecule has 0 saturated carbocycles. The van der Waals surface area contributed by atoms with Crippen LogP contribution >= 0.6 is 24.0 Å². The summed E-state index contributed by atoms with van der Waals surface area (Å²) >= 11 is 0. The Morgan fingerprint density at radius 3 is 2.43 bits per heavy atom. The number of rotatable bonds is 6. The van der Waals surface area contributed by atoms with Crippen LogP contribution in [0, 0.1) is 13.8 Å². The van der Waals surface area contributed by atoms with E-state index in [2.05, 4.69) is 10.3 Å². The van der Waals surface area contributed by atoms with Crippen molar-refractivity contribution >= 4 is 35.6 Å². The van der Waals surface area contributed by atoms with Crippen LogP contribution < -0.4 is 15.8 Å². The first-order valence-electron chi connectivity index (χ1n) is 8.27. The van der Waals surface area contributed by atoms with Crippen molar-refractivity contribution in [2.75, 3.05) is 18.5 Å². The maximum atomic E-state index is 12.7. The Hall–Kier alpha value is -2.01. The summed E-state index contributed by atoms with van der Waals surface area (Å²) in [7, 11) is 0. The number of aliphatic hydroxyl groups excluding tert-OH is 1. The molecule has 0 fully saturated rings. The van der Waals surface area contributed by atoms with Crippen molar-refractivity contribution in [1.82, 2.24) is 0 Å². The normalized spacial score (nSPS) is 12.9. The quantitative estimate of drug-likeness (QED) is 0.311. The third-order valence-electron chi connectivity index (χ3n) is 3.57. The van der Waals surface area contributed by atoms with Gasteiger partial charge in [0.1, 0.15) is 18.5 Å². The average Bonchev–Trinajstić information content (AvgIpc) is 2.56. The molecule has 2 aromatic carbocycles. The van der Waals surface area contributed by atoms with E-state index in [0.717, 1.165) is 28.9 Å². The van der Waals surface area contributed by atoms with Gasteiger partial charge in [-0.05, 0) is 55.3 Å². The number of hydrogen-bond donors (Lipinski definition) is 3. The topological polar surface area (TPSA) is 79.9 Å². The molecule has 1 unspecified atom stereocenters. The second kappa shape index (κ2) is 10.5. The molecule has 0 aromatic heterocycles. The van der Waals surface area contributed by atoms with Crippen molar-refractivity contribution in [3.05, 3.63) is 59.2 Å². The van der Waals surface area contributed by atoms with Gasteiger partial charge >= 0.3 is 6.18 Å². The van der Waals surface area contributed by atoms with E-state index in [4.69, 9.17) is 10.5 Å². The number of guanidine groups is 1. The lowest BCUT2D eigenvalue weighted by atomic mass is 10.1. The summed E-state index contributed by atoms with van der Waals surface area (Å²) in [4.78, 5) is 4.02. The van der Waals surface area contributed by atoms with Crippen LogP contribution in [0.2, 0.25) is 0 Å². The zero-order valence-electron chi connectivity index (χ0n) is 15.5. The van der Waals surface area contributed by atoms with E-state index >= 15 is 0 Å². The standard InChI is InChI=1S/C19H22F3N3O2.HI/c1-12-6-13(2)8-15(7-12)25-18(23)24-10-16(26)11-27-17-5-3-4-14(9-17)19(20,21)22;/h3-9,16,26H,10-11H2,1-2H3,(H3,23,24,25);1H. The molecule has 0 heterocycles. The van der Waals surface area contributed by atoms with Gasteiger partial charge in [-0.1, -0.05) is 12.1 Å². The first kappa shape index (κ1) is 24.0. The highest BCUT2D eigenvalue weighted by atomic mass is 127. The Kier molecular flexibility index (Phi) is 9.02. The highest BCUT2D eigenvalue weighted by molar-refractivity contribution is 14.0. The molecule has 0 aliphatic heterocycles. The number of aliphatic hydroxyl groups is 1. The average molecular weight is 509 g/mol. The van der Waals surface area contributed by atoms with Crippen molar-refractivity contribution in [3.63, 3.8) is 0 Å². The molecule has 4 N–H and O–H groups in total. The maximum Gasteiger partial charge on any atom is 0.416 e. The van der Waals surface area contributed by atoms with E-state index in [1.54, 1.807) is 0 Å². The molecule has 0 aliphatic rings. The van der Waals surface area contributed by atoms with Crippen LogP contribution in [-0.4, -0.2) is 30.3 Å². The molecule has 9 heteroatoms. The number of nitrogens with one attached hydrogen (secondary N) is 1. The summed E-state index contributed by atoms with van der Waals surface area (Å²) in [6.07, 6.45) is -5.46. The van der Waals surface area contributed by atoms with E-state index in [9.17, 15) is 18.3 Å². The predicted molar refractivity (Wildman–Crippen MR) is 114 cm³/mol. The number of ether oxygens (including phenoxy) is 1. The fourth-order valence-electron chi connectivity index (χ4n) is 2.45. The van der Waals surface area contributed by atoms with Crippen LogP contribution in [0.3, 0.4) is 0 Å². The van der Waals surface area contributed by atoms with Crippen molar-refractivity contribution in [1.29, 1.82) is 0 Å². The molecule has 1 atom stereocenters. The minimum absolute atomic E-state index is 0. The number of nitrogens with two attached hydrogens (primary N) is 1. The molecular weight excluding hydrogens is 486 g/mol. The highest BCUT2D eigenvalue weighted by Crippen LogP contribution is 2.31. The van der Waals surface area contributed by atoms with E-state index in [1.165, 1.54) is 12.1 Å². The lowest BCUT2D eigenvalue weighted by Crippen LogP contribution is -2.27. The number of nitrogens with zero attached hydrogens (tertiary/aromatic N) is 1. The lowest BCUT2D eigenvalue weighted by Gasteiger charge is -2.13. The third-order valence-corrected chi connectivity index (χ3v) is 3.57. The SMILES string of the molecule is Cc1cc(C)cc(NC(N)=NCC(O)COc2cccc(C(F)(F)F)c2)c1.I. The number of alkyl halides is 3. The van der Waals surface area contributed by atoms with Crippen LogP contribution in [0.25, 0.3) is 0 Å². The molecule has 28 heavy (non-hydrogen) atoms. The minimum Gasteiger partial charge on any atom is -0.491 e. The smallest absolute Gasteiger partial charge is 0.416 e. The van der Waals surface area contributed by atoms with Crippen LogP contribution in [0.5, 0.6) is 5.75 Å². The second-order valence-corrected chi connectivity index (χ2v) is 6.22. The van der Waals surface area contributed by atoms with Gasteiger partial charge in [-0.3, -0.25) is 4.99 Å². The summed E-state index contributed by atoms with van der Waals surface area (Å²) in [5.41, 5.74) is 7.90. The number of aliphatic imine (C=N–C) groups is 1. The number of benzene rings is 2. The van der Waals surface area contributed by atoms with Crippen molar-refractivity contribution in [2.45, 2.75) is 26.1 Å². The van der Waals surface area contributed by atoms with Gasteiger partial charge in [-0.15, -0.1) is 24.0 Å². The van der Waals surface area contributed by atoms with Crippen molar-refractivity contribution in [2.24, 2.45) is 10.7 Å². The Morgan fingerprint density at radius 1 is 1.18 bits per heavy atom. The Bertz CT molecular complexity index is 793. The van der Waals surface area contributed by atoms with Crippen LogP contribution in [0.4, 0.5) is 18.9 Å². The molecular formula is C19H23F3IN3O2. The van der Waals surface area contributed by atoms with E-state index in [1.807, 2.05) is 32.0 Å². The van der Waals surface area contributed by atoms with Crippen molar-refractivity contribution < 1.29 is 23.0 Å². The molecule has 2 aromatic rings. The second-order valence-electron chi connectivity index (χ2n) is 6.22. The first-order chi connectivity index (χ1) is 12.6. The first-order valence-corrected chi connectivity index (χ1v) is 8.27. The highest BCUT2D eigenvalue weighted by Gasteiger charge is 2.30. The van der Waals surface area contributed by atoms with Gasteiger partial charge in [0.15, 0.2) is 5.96 Å². The summed E-state index contributed by atoms with van der Waals surface area (Å²) in [5.74, 6) is 0.146. The van der Waals surface area contributed by atoms with E-state index in [-0.39, 0.29) is 48.8 Å². The van der Waals surface area contributed by atoms with Crippen LogP contribution in [-0.2, 0) is 6.18 Å². The van der Waals surface area contributed by atoms with Gasteiger partial charge in [-0.2, -0.15) is 13.2 Å². The van der Waals surface area contributed by atoms with Crippen LogP contribution in [0.15, 0.2) is 47.5 Å². The summed E-state index contributed by atoms with van der Waals surface area (Å²) in [6.45, 7) is 3.66. The Morgan fingerprint density at radius 2 is 1.82 bits per heavy atom. The number of anilines is 1. The zero-order valence-corrected chi connectivity index (χ0v) is 17.8. The van der Waals surface area contributed by atoms with Gasteiger partial charge in [0.2, 0.25) is 0 Å². The predicted octanol–water partition coefficient (Wildman–Crippen LogP) is 4.11. The summed E-state index contributed by atoms with van der Waals surface area (Å²) in [5, 5.41) is 12.8. The Labute approximate surface area is 178 Å². The van der Waals surface area contributed by atoms with Gasteiger partial charge in [0.25, 0.3) is 0 Å². The largest absolute Gasteiger partial charge is 0.491 e. The third kappa shape index (κ3) is 7.93. The summed E-state index contributed by atoms with van der Waals surface area (Å²) in [6, 6.07) is 10.3. The minimum atomic E-state index is -4.45. The molecule has 0 bridgehead atoms. The van der Waals surface area contributed by atoms with E-state index in [0.29, 0.717) is 0 Å². The molecule has 0 spiro atoms. The van der Waals surface area contributed by atoms with Gasteiger partial charge in [0.05, 0.1) is 12.1 Å². The lowest BCUT2D eigenvalue weighted by molar-refractivity contribution is -0.137. The fraction of sp³-hybridized carbons (Fsp3) is 0.316. The molecule has 0 saturated heterocycles. The molecule has 5 nitrogen and oxygen atoms in total. The molecule has 154 valence electrons. The maximum absolute atomic E-state index is 12.7. The van der Waals surface area contributed by atoms with Gasteiger partial charge in [0, 0.05) is 5.69 Å². The number of halogens is 4. The van der Waals surface area contributed by atoms with Crippen molar-refractivity contribution in [3.8, 4) is 5.75 Å². The number of aryl methyl sites for hydroxylation is 2. The fourth-order valence-corrected chi connectivity index (χ4v) is 2.45. The number of hydrogen-bond acceptors (Lipinski definition) is 3. The zero-order chi connectivity index (χ0) is 20.0. The van der Waals surface area contributed by atoms with E-state index < -0.39 is 17.8 Å². The van der Waals surface area contributed by atoms with Gasteiger partial charge in [-0.25, -0.2) is 0 Å². The summed E-state index contributed by atoms with van der Waals surface area (Å²) < 4.78 is 43.2. The molecule has 2 rings (SSSR count). The van der Waals surface area contributed by atoms with Gasteiger partial charge < -0.3 is 20.9 Å². The monoisotopic (exact) mass is 509 g/mol. The molecule has 0 amide bonds. The molecule has 0 radical (unpaired) electrons.